The summed E-state index contributed by atoms with van der Waals surface area (Å²) in [5.41, 5.74) is 2.17. The van der Waals surface area contributed by atoms with Crippen molar-refractivity contribution >= 4 is 11.3 Å². The second-order valence-electron chi connectivity index (χ2n) is 6.56. The van der Waals surface area contributed by atoms with Crippen LogP contribution in [0.4, 0.5) is 5.82 Å². The van der Waals surface area contributed by atoms with Gasteiger partial charge >= 0.3 is 0 Å². The van der Waals surface area contributed by atoms with Crippen LogP contribution in [-0.2, 0) is 5.41 Å². The number of hydrogen-bond donors (Lipinski definition) is 1. The van der Waals surface area contributed by atoms with E-state index in [0.717, 1.165) is 17.0 Å². The Morgan fingerprint density at radius 3 is 2.47 bits per heavy atom. The third-order valence-corrected chi connectivity index (χ3v) is 3.52. The molecule has 19 heavy (non-hydrogen) atoms. The van der Waals surface area contributed by atoms with Gasteiger partial charge in [0.25, 0.3) is 0 Å². The SMILES string of the molecule is CC(C)C(C)Nc1nccn2nc(C(C)(C)C)cc12. The zero-order chi connectivity index (χ0) is 14.2. The molecule has 0 fully saturated rings. The Bertz CT molecular complexity index is 563. The number of hydrogen-bond acceptors (Lipinski definition) is 3. The standard InChI is InChI=1S/C15H24N4/c1-10(2)11(3)17-14-12-9-13(15(4,5)6)18-19(12)8-7-16-14/h7-11H,1-6H3,(H,16,17). The van der Waals surface area contributed by atoms with Crippen LogP contribution in [0.3, 0.4) is 0 Å². The maximum Gasteiger partial charge on any atom is 0.152 e. The lowest BCUT2D eigenvalue weighted by molar-refractivity contribution is 0.558. The van der Waals surface area contributed by atoms with Gasteiger partial charge in [0.1, 0.15) is 5.52 Å². The lowest BCUT2D eigenvalue weighted by Gasteiger charge is -2.18. The van der Waals surface area contributed by atoms with Crippen molar-refractivity contribution in [2.24, 2.45) is 5.92 Å². The van der Waals surface area contributed by atoms with Crippen molar-refractivity contribution in [2.75, 3.05) is 5.32 Å². The quantitative estimate of drug-likeness (QED) is 0.918. The van der Waals surface area contributed by atoms with Crippen LogP contribution in [0.15, 0.2) is 18.5 Å². The average molecular weight is 260 g/mol. The second-order valence-corrected chi connectivity index (χ2v) is 6.56. The summed E-state index contributed by atoms with van der Waals surface area (Å²) >= 11 is 0. The first kappa shape index (κ1) is 13.8. The topological polar surface area (TPSA) is 42.2 Å². The van der Waals surface area contributed by atoms with E-state index in [1.54, 1.807) is 6.20 Å². The Morgan fingerprint density at radius 2 is 1.89 bits per heavy atom. The fourth-order valence-corrected chi connectivity index (χ4v) is 1.78. The molecular formula is C15H24N4. The largest absolute Gasteiger partial charge is 0.366 e. The minimum absolute atomic E-state index is 0.0486. The van der Waals surface area contributed by atoms with Gasteiger partial charge in [0, 0.05) is 23.9 Å². The van der Waals surface area contributed by atoms with Crippen LogP contribution in [0.25, 0.3) is 5.52 Å². The molecule has 4 nitrogen and oxygen atoms in total. The number of fused-ring (bicyclic) bond motifs is 1. The predicted molar refractivity (Wildman–Crippen MR) is 79.6 cm³/mol. The number of aromatic nitrogens is 3. The zero-order valence-corrected chi connectivity index (χ0v) is 12.7. The molecule has 4 heteroatoms. The summed E-state index contributed by atoms with van der Waals surface area (Å²) in [5.74, 6) is 1.47. The highest BCUT2D eigenvalue weighted by Gasteiger charge is 2.19. The Labute approximate surface area is 115 Å². The molecule has 0 spiro atoms. The van der Waals surface area contributed by atoms with Crippen molar-refractivity contribution in [3.8, 4) is 0 Å². The van der Waals surface area contributed by atoms with E-state index in [4.69, 9.17) is 0 Å². The van der Waals surface area contributed by atoms with Crippen molar-refractivity contribution in [3.05, 3.63) is 24.2 Å². The van der Waals surface area contributed by atoms with Crippen molar-refractivity contribution in [1.82, 2.24) is 14.6 Å². The van der Waals surface area contributed by atoms with Gasteiger partial charge in [-0.2, -0.15) is 5.10 Å². The van der Waals surface area contributed by atoms with Gasteiger partial charge in [-0.25, -0.2) is 9.50 Å². The summed E-state index contributed by atoms with van der Waals surface area (Å²) in [7, 11) is 0. The molecule has 0 amide bonds. The van der Waals surface area contributed by atoms with E-state index in [0.29, 0.717) is 12.0 Å². The fraction of sp³-hybridized carbons (Fsp3) is 0.600. The highest BCUT2D eigenvalue weighted by Crippen LogP contribution is 2.25. The van der Waals surface area contributed by atoms with Crippen molar-refractivity contribution < 1.29 is 0 Å². The highest BCUT2D eigenvalue weighted by molar-refractivity contribution is 5.68. The molecule has 1 N–H and O–H groups in total. The van der Waals surface area contributed by atoms with Crippen LogP contribution in [0.1, 0.15) is 47.2 Å². The lowest BCUT2D eigenvalue weighted by Crippen LogP contribution is -2.22. The van der Waals surface area contributed by atoms with Crippen LogP contribution in [0.2, 0.25) is 0 Å². The Hall–Kier alpha value is -1.58. The van der Waals surface area contributed by atoms with E-state index in [1.807, 2.05) is 10.7 Å². The summed E-state index contributed by atoms with van der Waals surface area (Å²) in [6.07, 6.45) is 3.69. The lowest BCUT2D eigenvalue weighted by atomic mass is 9.92. The molecule has 0 saturated heterocycles. The van der Waals surface area contributed by atoms with Crippen LogP contribution in [-0.4, -0.2) is 20.6 Å². The highest BCUT2D eigenvalue weighted by atomic mass is 15.2. The normalized spacial score (nSPS) is 14.1. The average Bonchev–Trinajstić information content (AvgIpc) is 2.73. The molecule has 0 bridgehead atoms. The second kappa shape index (κ2) is 4.83. The minimum Gasteiger partial charge on any atom is -0.366 e. The maximum atomic E-state index is 4.63. The molecule has 2 heterocycles. The van der Waals surface area contributed by atoms with Crippen molar-refractivity contribution in [1.29, 1.82) is 0 Å². The molecule has 0 aliphatic heterocycles. The molecule has 1 unspecified atom stereocenters. The first-order chi connectivity index (χ1) is 8.79. The van der Waals surface area contributed by atoms with Crippen LogP contribution in [0, 0.1) is 5.92 Å². The van der Waals surface area contributed by atoms with Gasteiger partial charge in [-0.05, 0) is 18.9 Å². The molecule has 104 valence electrons. The third kappa shape index (κ3) is 2.88. The molecule has 0 saturated carbocycles. The zero-order valence-electron chi connectivity index (χ0n) is 12.7. The maximum absolute atomic E-state index is 4.63. The monoisotopic (exact) mass is 260 g/mol. The molecule has 2 aromatic heterocycles. The van der Waals surface area contributed by atoms with Gasteiger partial charge < -0.3 is 5.32 Å². The minimum atomic E-state index is 0.0486. The molecule has 1 atom stereocenters. The summed E-state index contributed by atoms with van der Waals surface area (Å²) in [5, 5.41) is 8.11. The van der Waals surface area contributed by atoms with Crippen LogP contribution in [0.5, 0.6) is 0 Å². The summed E-state index contributed by atoms with van der Waals surface area (Å²) in [6, 6.07) is 2.51. The van der Waals surface area contributed by atoms with Crippen molar-refractivity contribution in [2.45, 2.75) is 53.0 Å². The smallest absolute Gasteiger partial charge is 0.152 e. The van der Waals surface area contributed by atoms with Gasteiger partial charge in [0.2, 0.25) is 0 Å². The Morgan fingerprint density at radius 1 is 1.21 bits per heavy atom. The molecule has 0 radical (unpaired) electrons. The molecule has 0 aromatic carbocycles. The summed E-state index contributed by atoms with van der Waals surface area (Å²) in [6.45, 7) is 13.1. The van der Waals surface area contributed by atoms with Gasteiger partial charge in [-0.3, -0.25) is 0 Å². The van der Waals surface area contributed by atoms with E-state index in [2.05, 4.69) is 63.0 Å². The summed E-state index contributed by atoms with van der Waals surface area (Å²) in [4.78, 5) is 4.45. The van der Waals surface area contributed by atoms with E-state index < -0.39 is 0 Å². The predicted octanol–water partition coefficient (Wildman–Crippen LogP) is 3.48. The molecule has 0 aliphatic carbocycles. The van der Waals surface area contributed by atoms with Crippen LogP contribution >= 0.6 is 0 Å². The van der Waals surface area contributed by atoms with E-state index in [1.165, 1.54) is 0 Å². The first-order valence-electron chi connectivity index (χ1n) is 6.90. The molecule has 2 rings (SSSR count). The first-order valence-corrected chi connectivity index (χ1v) is 6.90. The summed E-state index contributed by atoms with van der Waals surface area (Å²) < 4.78 is 1.91. The van der Waals surface area contributed by atoms with E-state index in [-0.39, 0.29) is 5.41 Å². The number of nitrogens with zero attached hydrogens (tertiary/aromatic N) is 3. The number of anilines is 1. The van der Waals surface area contributed by atoms with Gasteiger partial charge in [-0.15, -0.1) is 0 Å². The number of rotatable bonds is 3. The van der Waals surface area contributed by atoms with Crippen molar-refractivity contribution in [3.63, 3.8) is 0 Å². The molecular weight excluding hydrogens is 236 g/mol. The Kier molecular flexibility index (Phi) is 3.52. The van der Waals surface area contributed by atoms with Crippen LogP contribution < -0.4 is 5.32 Å². The van der Waals surface area contributed by atoms with Gasteiger partial charge in [0.05, 0.1) is 5.69 Å². The Balaban J connectivity index is 2.42. The number of nitrogens with one attached hydrogen (secondary N) is 1. The fourth-order valence-electron chi connectivity index (χ4n) is 1.78. The van der Waals surface area contributed by atoms with Gasteiger partial charge in [0.15, 0.2) is 5.82 Å². The third-order valence-electron chi connectivity index (χ3n) is 3.52. The van der Waals surface area contributed by atoms with E-state index in [9.17, 15) is 0 Å². The molecule has 2 aromatic rings. The molecule has 0 aliphatic rings. The van der Waals surface area contributed by atoms with E-state index >= 15 is 0 Å². The van der Waals surface area contributed by atoms with Gasteiger partial charge in [-0.1, -0.05) is 34.6 Å².